The van der Waals surface area contributed by atoms with Gasteiger partial charge < -0.3 is 5.32 Å². The van der Waals surface area contributed by atoms with Gasteiger partial charge in [0.1, 0.15) is 5.82 Å². The Bertz CT molecular complexity index is 536. The first-order valence-corrected chi connectivity index (χ1v) is 6.56. The summed E-state index contributed by atoms with van der Waals surface area (Å²) in [6.45, 7) is 4.65. The van der Waals surface area contributed by atoms with Crippen molar-refractivity contribution in [1.29, 1.82) is 0 Å². The molecule has 18 heavy (non-hydrogen) atoms. The molecule has 0 aromatic carbocycles. The van der Waals surface area contributed by atoms with E-state index >= 15 is 0 Å². The van der Waals surface area contributed by atoms with Crippen LogP contribution in [-0.2, 0) is 0 Å². The van der Waals surface area contributed by atoms with Gasteiger partial charge in [-0.1, -0.05) is 26.7 Å². The van der Waals surface area contributed by atoms with Crippen LogP contribution in [0.25, 0.3) is 5.65 Å². The molecule has 0 amide bonds. The minimum Gasteiger partial charge on any atom is -0.366 e. The van der Waals surface area contributed by atoms with Crippen LogP contribution >= 0.6 is 0 Å². The predicted octanol–water partition coefficient (Wildman–Crippen LogP) is 1.76. The van der Waals surface area contributed by atoms with Gasteiger partial charge in [-0.05, 0) is 40.8 Å². The quantitative estimate of drug-likeness (QED) is 0.874. The summed E-state index contributed by atoms with van der Waals surface area (Å²) in [5.41, 5.74) is 0.672. The highest BCUT2D eigenvalue weighted by Crippen LogP contribution is 2.31. The number of aromatic nitrogens is 5. The molecule has 6 nitrogen and oxygen atoms in total. The average Bonchev–Trinajstić information content (AvgIpc) is 2.82. The Balaban J connectivity index is 1.78. The van der Waals surface area contributed by atoms with E-state index in [2.05, 4.69) is 39.8 Å². The SMILES string of the molecule is C[C@H]1[C@@H](Nc2ccc3nnnn3n2)CCC[C@@H]1C. The average molecular weight is 246 g/mol. The Labute approximate surface area is 106 Å². The second-order valence-electron chi connectivity index (χ2n) is 5.26. The molecule has 0 spiro atoms. The Morgan fingerprint density at radius 3 is 3.06 bits per heavy atom. The van der Waals surface area contributed by atoms with Crippen LogP contribution in [0.5, 0.6) is 0 Å². The molecular formula is C12H18N6. The standard InChI is InChI=1S/C12H18N6/c1-8-4-3-5-10(9(8)2)13-11-6-7-12-14-16-17-18(12)15-11/h6-10H,3-5H2,1-2H3,(H,13,15)/t8-,9+,10-/m0/s1. The van der Waals surface area contributed by atoms with Gasteiger partial charge in [0.2, 0.25) is 0 Å². The minimum absolute atomic E-state index is 0.496. The number of anilines is 1. The summed E-state index contributed by atoms with van der Waals surface area (Å²) < 4.78 is 1.46. The highest BCUT2D eigenvalue weighted by atomic mass is 15.6. The van der Waals surface area contributed by atoms with Gasteiger partial charge in [0.05, 0.1) is 0 Å². The second kappa shape index (κ2) is 4.51. The summed E-state index contributed by atoms with van der Waals surface area (Å²) in [6, 6.07) is 4.32. The van der Waals surface area contributed by atoms with Gasteiger partial charge in [-0.25, -0.2) is 0 Å². The van der Waals surface area contributed by atoms with Crippen LogP contribution in [-0.4, -0.2) is 31.3 Å². The first-order valence-electron chi connectivity index (χ1n) is 6.56. The van der Waals surface area contributed by atoms with Crippen molar-refractivity contribution in [2.45, 2.75) is 39.2 Å². The molecule has 0 bridgehead atoms. The second-order valence-corrected chi connectivity index (χ2v) is 5.26. The Hall–Kier alpha value is -1.72. The molecule has 96 valence electrons. The van der Waals surface area contributed by atoms with Crippen molar-refractivity contribution in [3.05, 3.63) is 12.1 Å². The van der Waals surface area contributed by atoms with E-state index in [4.69, 9.17) is 0 Å². The molecule has 0 unspecified atom stereocenters. The van der Waals surface area contributed by atoms with Crippen LogP contribution in [0.1, 0.15) is 33.1 Å². The van der Waals surface area contributed by atoms with Gasteiger partial charge in [0, 0.05) is 6.04 Å². The van der Waals surface area contributed by atoms with Crippen molar-refractivity contribution in [2.75, 3.05) is 5.32 Å². The lowest BCUT2D eigenvalue weighted by atomic mass is 9.78. The number of tetrazole rings is 1. The molecule has 1 aliphatic carbocycles. The van der Waals surface area contributed by atoms with E-state index in [0.29, 0.717) is 17.6 Å². The summed E-state index contributed by atoms with van der Waals surface area (Å²) in [4.78, 5) is 0. The smallest absolute Gasteiger partial charge is 0.200 e. The van der Waals surface area contributed by atoms with Crippen molar-refractivity contribution in [3.8, 4) is 0 Å². The summed E-state index contributed by atoms with van der Waals surface area (Å²) in [6.07, 6.45) is 3.83. The largest absolute Gasteiger partial charge is 0.366 e. The highest BCUT2D eigenvalue weighted by molar-refractivity contribution is 5.42. The number of hydrogen-bond acceptors (Lipinski definition) is 5. The normalized spacial score (nSPS) is 28.4. The predicted molar refractivity (Wildman–Crippen MR) is 68.2 cm³/mol. The molecule has 0 radical (unpaired) electrons. The van der Waals surface area contributed by atoms with Crippen LogP contribution in [0.15, 0.2) is 12.1 Å². The summed E-state index contributed by atoms with van der Waals surface area (Å²) in [7, 11) is 0. The van der Waals surface area contributed by atoms with Crippen molar-refractivity contribution in [2.24, 2.45) is 11.8 Å². The van der Waals surface area contributed by atoms with Crippen LogP contribution in [0.3, 0.4) is 0 Å². The van der Waals surface area contributed by atoms with Crippen LogP contribution in [0.2, 0.25) is 0 Å². The lowest BCUT2D eigenvalue weighted by Crippen LogP contribution is -2.35. The molecule has 2 aromatic heterocycles. The molecule has 1 N–H and O–H groups in total. The fraction of sp³-hybridized carbons (Fsp3) is 0.667. The molecule has 3 rings (SSSR count). The summed E-state index contributed by atoms with van der Waals surface area (Å²) in [5, 5.41) is 19.1. The van der Waals surface area contributed by atoms with Crippen molar-refractivity contribution in [1.82, 2.24) is 25.3 Å². The maximum absolute atomic E-state index is 4.36. The molecule has 3 atom stereocenters. The topological polar surface area (TPSA) is 68.0 Å². The molecular weight excluding hydrogens is 228 g/mol. The maximum Gasteiger partial charge on any atom is 0.200 e. The van der Waals surface area contributed by atoms with Gasteiger partial charge >= 0.3 is 0 Å². The lowest BCUT2D eigenvalue weighted by molar-refractivity contribution is 0.252. The first kappa shape index (κ1) is 11.4. The fourth-order valence-corrected chi connectivity index (χ4v) is 2.70. The molecule has 1 aliphatic rings. The van der Waals surface area contributed by atoms with Gasteiger partial charge in [-0.2, -0.15) is 0 Å². The zero-order valence-electron chi connectivity index (χ0n) is 10.7. The zero-order valence-corrected chi connectivity index (χ0v) is 10.7. The van der Waals surface area contributed by atoms with Crippen LogP contribution < -0.4 is 5.32 Å². The Morgan fingerprint density at radius 1 is 1.28 bits per heavy atom. The minimum atomic E-state index is 0.496. The van der Waals surface area contributed by atoms with Crippen molar-refractivity contribution < 1.29 is 0 Å². The van der Waals surface area contributed by atoms with Crippen LogP contribution in [0, 0.1) is 11.8 Å². The van der Waals surface area contributed by atoms with Crippen molar-refractivity contribution >= 4 is 11.5 Å². The molecule has 0 aliphatic heterocycles. The summed E-state index contributed by atoms with van der Waals surface area (Å²) >= 11 is 0. The van der Waals surface area contributed by atoms with Gasteiger partial charge in [-0.15, -0.1) is 14.8 Å². The van der Waals surface area contributed by atoms with Crippen LogP contribution in [0.4, 0.5) is 5.82 Å². The first-order chi connectivity index (χ1) is 8.74. The number of nitrogens with one attached hydrogen (secondary N) is 1. The maximum atomic E-state index is 4.36. The van der Waals surface area contributed by atoms with E-state index in [1.54, 1.807) is 0 Å². The Morgan fingerprint density at radius 2 is 2.17 bits per heavy atom. The van der Waals surface area contributed by atoms with Gasteiger partial charge in [-0.3, -0.25) is 0 Å². The number of fused-ring (bicyclic) bond motifs is 1. The van der Waals surface area contributed by atoms with Gasteiger partial charge in [0.25, 0.3) is 0 Å². The number of nitrogens with zero attached hydrogens (tertiary/aromatic N) is 5. The molecule has 6 heteroatoms. The molecule has 0 saturated heterocycles. The highest BCUT2D eigenvalue weighted by Gasteiger charge is 2.27. The zero-order chi connectivity index (χ0) is 12.5. The third kappa shape index (κ3) is 2.02. The van der Waals surface area contributed by atoms with E-state index in [0.717, 1.165) is 11.7 Å². The molecule has 1 fully saturated rings. The van der Waals surface area contributed by atoms with Crippen molar-refractivity contribution in [3.63, 3.8) is 0 Å². The van der Waals surface area contributed by atoms with E-state index in [1.165, 1.54) is 23.9 Å². The van der Waals surface area contributed by atoms with E-state index in [1.807, 2.05) is 12.1 Å². The van der Waals surface area contributed by atoms with E-state index in [9.17, 15) is 0 Å². The molecule has 1 saturated carbocycles. The van der Waals surface area contributed by atoms with Gasteiger partial charge in [0.15, 0.2) is 5.65 Å². The lowest BCUT2D eigenvalue weighted by Gasteiger charge is -2.34. The summed E-state index contributed by atoms with van der Waals surface area (Å²) in [5.74, 6) is 2.29. The van der Waals surface area contributed by atoms with E-state index in [-0.39, 0.29) is 0 Å². The fourth-order valence-electron chi connectivity index (χ4n) is 2.70. The third-order valence-electron chi connectivity index (χ3n) is 4.11. The number of hydrogen-bond donors (Lipinski definition) is 1. The number of rotatable bonds is 2. The monoisotopic (exact) mass is 246 g/mol. The molecule has 2 heterocycles. The third-order valence-corrected chi connectivity index (χ3v) is 4.11. The van der Waals surface area contributed by atoms with E-state index < -0.39 is 0 Å². The molecule has 2 aromatic rings. The Kier molecular flexibility index (Phi) is 2.85.